The van der Waals surface area contributed by atoms with E-state index in [-0.39, 0.29) is 0 Å². The van der Waals surface area contributed by atoms with Gasteiger partial charge in [-0.2, -0.15) is 0 Å². The average molecular weight is 238 g/mol. The van der Waals surface area contributed by atoms with Gasteiger partial charge in [-0.15, -0.1) is 0 Å². The molecule has 76 valence electrons. The predicted molar refractivity (Wildman–Crippen MR) is 66.3 cm³/mol. The molecule has 0 heterocycles. The van der Waals surface area contributed by atoms with E-state index in [0.29, 0.717) is 15.7 Å². The number of hydrogen-bond acceptors (Lipinski definition) is 1. The van der Waals surface area contributed by atoms with Gasteiger partial charge in [-0.05, 0) is 29.8 Å². The molecule has 2 N–H and O–H groups in total. The van der Waals surface area contributed by atoms with Crippen molar-refractivity contribution in [3.8, 4) is 11.1 Å². The van der Waals surface area contributed by atoms with E-state index < -0.39 is 0 Å². The lowest BCUT2D eigenvalue weighted by molar-refractivity contribution is 1.61. The Morgan fingerprint density at radius 2 is 1.60 bits per heavy atom. The maximum atomic E-state index is 5.91. The van der Waals surface area contributed by atoms with Crippen molar-refractivity contribution < 1.29 is 0 Å². The van der Waals surface area contributed by atoms with Gasteiger partial charge < -0.3 is 5.73 Å². The van der Waals surface area contributed by atoms with Gasteiger partial charge in [-0.25, -0.2) is 0 Å². The Kier molecular flexibility index (Phi) is 2.85. The second kappa shape index (κ2) is 4.13. The molecule has 3 heteroatoms. The van der Waals surface area contributed by atoms with E-state index in [2.05, 4.69) is 0 Å². The van der Waals surface area contributed by atoms with Crippen LogP contribution in [0.25, 0.3) is 11.1 Å². The highest BCUT2D eigenvalue weighted by molar-refractivity contribution is 6.31. The highest BCUT2D eigenvalue weighted by atomic mass is 35.5. The van der Waals surface area contributed by atoms with Gasteiger partial charge in [0.2, 0.25) is 0 Å². The first-order valence-corrected chi connectivity index (χ1v) is 5.23. The quantitative estimate of drug-likeness (QED) is 0.738. The number of nitrogen functional groups attached to an aromatic ring is 1. The van der Waals surface area contributed by atoms with Gasteiger partial charge in [-0.1, -0.05) is 41.4 Å². The Labute approximate surface area is 98.4 Å². The Morgan fingerprint density at radius 3 is 2.27 bits per heavy atom. The lowest BCUT2D eigenvalue weighted by Crippen LogP contribution is -1.89. The minimum Gasteiger partial charge on any atom is -0.398 e. The summed E-state index contributed by atoms with van der Waals surface area (Å²) in [5.74, 6) is 0. The second-order valence-electron chi connectivity index (χ2n) is 3.24. The molecule has 2 aromatic rings. The lowest BCUT2D eigenvalue weighted by atomic mass is 10.0. The van der Waals surface area contributed by atoms with Crippen LogP contribution in [0.3, 0.4) is 0 Å². The molecule has 0 bridgehead atoms. The van der Waals surface area contributed by atoms with Gasteiger partial charge in [0.05, 0.1) is 0 Å². The fraction of sp³-hybridized carbons (Fsp3) is 0. The van der Waals surface area contributed by atoms with Crippen molar-refractivity contribution in [2.45, 2.75) is 0 Å². The number of halogens is 2. The summed E-state index contributed by atoms with van der Waals surface area (Å²) in [6.07, 6.45) is 0. The third-order valence-corrected chi connectivity index (χ3v) is 2.62. The first-order chi connectivity index (χ1) is 7.16. The standard InChI is InChI=1S/C12H9Cl2N/c13-9-3-1-2-8(6-9)11-5-4-10(14)7-12(11)15/h1-7H,15H2. The van der Waals surface area contributed by atoms with Crippen LogP contribution in [-0.4, -0.2) is 0 Å². The van der Waals surface area contributed by atoms with Crippen molar-refractivity contribution in [3.05, 3.63) is 52.5 Å². The van der Waals surface area contributed by atoms with Crippen molar-refractivity contribution in [1.29, 1.82) is 0 Å². The highest BCUT2D eigenvalue weighted by Gasteiger charge is 2.03. The van der Waals surface area contributed by atoms with E-state index in [1.165, 1.54) is 0 Å². The normalized spacial score (nSPS) is 10.3. The van der Waals surface area contributed by atoms with Gasteiger partial charge in [0, 0.05) is 21.3 Å². The molecule has 1 nitrogen and oxygen atoms in total. The van der Waals surface area contributed by atoms with E-state index in [4.69, 9.17) is 28.9 Å². The lowest BCUT2D eigenvalue weighted by Gasteiger charge is -2.06. The van der Waals surface area contributed by atoms with Crippen LogP contribution in [0.15, 0.2) is 42.5 Å². The SMILES string of the molecule is Nc1cc(Cl)ccc1-c1cccc(Cl)c1. The topological polar surface area (TPSA) is 26.0 Å². The van der Waals surface area contributed by atoms with Crippen molar-refractivity contribution >= 4 is 28.9 Å². The van der Waals surface area contributed by atoms with Crippen LogP contribution in [0, 0.1) is 0 Å². The molecule has 0 aromatic heterocycles. The number of anilines is 1. The molecule has 0 aliphatic heterocycles. The van der Waals surface area contributed by atoms with Crippen molar-refractivity contribution in [3.63, 3.8) is 0 Å². The molecule has 0 aliphatic carbocycles. The zero-order chi connectivity index (χ0) is 10.8. The molecular formula is C12H9Cl2N. The van der Waals surface area contributed by atoms with Crippen LogP contribution < -0.4 is 5.73 Å². The van der Waals surface area contributed by atoms with E-state index in [0.717, 1.165) is 11.1 Å². The summed E-state index contributed by atoms with van der Waals surface area (Å²) in [4.78, 5) is 0. The van der Waals surface area contributed by atoms with E-state index >= 15 is 0 Å². The molecule has 2 aromatic carbocycles. The molecule has 0 saturated carbocycles. The van der Waals surface area contributed by atoms with Crippen LogP contribution in [0.2, 0.25) is 10.0 Å². The molecule has 0 spiro atoms. The molecule has 0 unspecified atom stereocenters. The predicted octanol–water partition coefficient (Wildman–Crippen LogP) is 4.24. The fourth-order valence-corrected chi connectivity index (χ4v) is 1.82. The van der Waals surface area contributed by atoms with Gasteiger partial charge in [-0.3, -0.25) is 0 Å². The molecule has 0 saturated heterocycles. The van der Waals surface area contributed by atoms with E-state index in [1.54, 1.807) is 6.07 Å². The van der Waals surface area contributed by atoms with Crippen molar-refractivity contribution in [2.24, 2.45) is 0 Å². The van der Waals surface area contributed by atoms with Crippen molar-refractivity contribution in [2.75, 3.05) is 5.73 Å². The minimum atomic E-state index is 0.637. The minimum absolute atomic E-state index is 0.637. The average Bonchev–Trinajstić information content (AvgIpc) is 2.17. The summed E-state index contributed by atoms with van der Waals surface area (Å²) in [5.41, 5.74) is 8.48. The van der Waals surface area contributed by atoms with Crippen LogP contribution in [0.1, 0.15) is 0 Å². The second-order valence-corrected chi connectivity index (χ2v) is 4.11. The van der Waals surface area contributed by atoms with Crippen LogP contribution >= 0.6 is 23.2 Å². The zero-order valence-electron chi connectivity index (χ0n) is 7.87. The fourth-order valence-electron chi connectivity index (χ4n) is 1.45. The van der Waals surface area contributed by atoms with Gasteiger partial charge in [0.25, 0.3) is 0 Å². The van der Waals surface area contributed by atoms with Crippen LogP contribution in [0.4, 0.5) is 5.69 Å². The van der Waals surface area contributed by atoms with E-state index in [1.807, 2.05) is 36.4 Å². The first-order valence-electron chi connectivity index (χ1n) is 4.48. The summed E-state index contributed by atoms with van der Waals surface area (Å²) in [6.45, 7) is 0. The maximum absolute atomic E-state index is 5.91. The highest BCUT2D eigenvalue weighted by Crippen LogP contribution is 2.29. The summed E-state index contributed by atoms with van der Waals surface area (Å²) < 4.78 is 0. The molecule has 0 radical (unpaired) electrons. The Hall–Kier alpha value is -1.18. The Morgan fingerprint density at radius 1 is 0.867 bits per heavy atom. The number of benzene rings is 2. The van der Waals surface area contributed by atoms with Crippen molar-refractivity contribution in [1.82, 2.24) is 0 Å². The third kappa shape index (κ3) is 2.25. The smallest absolute Gasteiger partial charge is 0.0426 e. The van der Waals surface area contributed by atoms with Gasteiger partial charge in [0.15, 0.2) is 0 Å². The summed E-state index contributed by atoms with van der Waals surface area (Å²) >= 11 is 11.7. The molecule has 0 aliphatic rings. The Balaban J connectivity index is 2.54. The largest absolute Gasteiger partial charge is 0.398 e. The summed E-state index contributed by atoms with van der Waals surface area (Å²) in [6, 6.07) is 13.0. The molecule has 0 atom stereocenters. The van der Waals surface area contributed by atoms with Gasteiger partial charge in [0.1, 0.15) is 0 Å². The monoisotopic (exact) mass is 237 g/mol. The summed E-state index contributed by atoms with van der Waals surface area (Å²) in [5, 5.41) is 1.33. The molecule has 2 rings (SSSR count). The first kappa shape index (κ1) is 10.3. The molecule has 0 fully saturated rings. The van der Waals surface area contributed by atoms with E-state index in [9.17, 15) is 0 Å². The number of nitrogens with two attached hydrogens (primary N) is 1. The zero-order valence-corrected chi connectivity index (χ0v) is 9.39. The molecular weight excluding hydrogens is 229 g/mol. The third-order valence-electron chi connectivity index (χ3n) is 2.15. The Bertz CT molecular complexity index is 495. The summed E-state index contributed by atoms with van der Waals surface area (Å²) in [7, 11) is 0. The number of rotatable bonds is 1. The van der Waals surface area contributed by atoms with Gasteiger partial charge >= 0.3 is 0 Å². The number of hydrogen-bond donors (Lipinski definition) is 1. The molecule has 0 amide bonds. The maximum Gasteiger partial charge on any atom is 0.0426 e. The molecule has 15 heavy (non-hydrogen) atoms. The van der Waals surface area contributed by atoms with Crippen LogP contribution in [0.5, 0.6) is 0 Å². The van der Waals surface area contributed by atoms with Crippen LogP contribution in [-0.2, 0) is 0 Å².